The van der Waals surface area contributed by atoms with Gasteiger partial charge in [-0.15, -0.1) is 0 Å². The van der Waals surface area contributed by atoms with Crippen LogP contribution in [0.4, 0.5) is 5.69 Å². The summed E-state index contributed by atoms with van der Waals surface area (Å²) >= 11 is 0. The molecule has 1 aromatic heterocycles. The van der Waals surface area contributed by atoms with E-state index in [1.54, 1.807) is 24.3 Å². The van der Waals surface area contributed by atoms with Gasteiger partial charge in [0.2, 0.25) is 0 Å². The molecule has 3 aromatic rings. The van der Waals surface area contributed by atoms with Gasteiger partial charge in [-0.3, -0.25) is 10.1 Å². The highest BCUT2D eigenvalue weighted by molar-refractivity contribution is 6.26. The first-order valence-electron chi connectivity index (χ1n) is 7.68. The van der Waals surface area contributed by atoms with Crippen molar-refractivity contribution in [2.75, 3.05) is 0 Å². The maximum Gasteiger partial charge on any atom is 0.269 e. The number of nitro groups is 1. The van der Waals surface area contributed by atoms with Gasteiger partial charge in [0.1, 0.15) is 5.75 Å². The van der Waals surface area contributed by atoms with E-state index in [-0.39, 0.29) is 17.3 Å². The molecule has 0 saturated heterocycles. The lowest BCUT2D eigenvalue weighted by molar-refractivity contribution is -0.384. The quantitative estimate of drug-likeness (QED) is 0.206. The zero-order valence-corrected chi connectivity index (χ0v) is 13.8. The largest absolute Gasteiger partial charge is 0.507 e. The summed E-state index contributed by atoms with van der Waals surface area (Å²) in [7, 11) is 0. The maximum atomic E-state index is 10.8. The predicted octanol–water partition coefficient (Wildman–Crippen LogP) is 3.24. The van der Waals surface area contributed by atoms with Gasteiger partial charge in [0, 0.05) is 23.3 Å². The summed E-state index contributed by atoms with van der Waals surface area (Å²) in [5, 5.41) is 36.7. The molecule has 27 heavy (non-hydrogen) atoms. The minimum atomic E-state index is -0.521. The van der Waals surface area contributed by atoms with E-state index in [0.717, 1.165) is 0 Å². The molecule has 1 heterocycles. The van der Waals surface area contributed by atoms with Crippen molar-refractivity contribution in [1.29, 1.82) is 0 Å². The zero-order chi connectivity index (χ0) is 19.4. The van der Waals surface area contributed by atoms with Crippen LogP contribution in [0.25, 0.3) is 23.0 Å². The second kappa shape index (κ2) is 7.40. The van der Waals surface area contributed by atoms with E-state index in [9.17, 15) is 15.2 Å². The van der Waals surface area contributed by atoms with Gasteiger partial charge in [-0.1, -0.05) is 22.4 Å². The van der Waals surface area contributed by atoms with Crippen LogP contribution in [-0.2, 0) is 0 Å². The molecule has 0 atom stereocenters. The van der Waals surface area contributed by atoms with E-state index >= 15 is 0 Å². The van der Waals surface area contributed by atoms with Crippen molar-refractivity contribution in [2.45, 2.75) is 0 Å². The van der Waals surface area contributed by atoms with Crippen molar-refractivity contribution in [3.8, 4) is 17.1 Å². The Bertz CT molecular complexity index is 1040. The lowest BCUT2D eigenvalue weighted by atomic mass is 10.00. The van der Waals surface area contributed by atoms with E-state index in [4.69, 9.17) is 15.5 Å². The SMILES string of the molecule is NC(=N\O)/C(=C\c1cnoc1-c1ccccc1O)c1ccc([N+](=O)[O-])cc1. The fourth-order valence-corrected chi connectivity index (χ4v) is 2.50. The number of aromatic nitrogens is 1. The fraction of sp³-hybridized carbons (Fsp3) is 0. The minimum Gasteiger partial charge on any atom is -0.507 e. The molecule has 9 nitrogen and oxygen atoms in total. The van der Waals surface area contributed by atoms with Crippen LogP contribution < -0.4 is 5.73 Å². The summed E-state index contributed by atoms with van der Waals surface area (Å²) in [6, 6.07) is 12.1. The monoisotopic (exact) mass is 366 g/mol. The van der Waals surface area contributed by atoms with E-state index in [2.05, 4.69) is 10.3 Å². The third-order valence-corrected chi connectivity index (χ3v) is 3.82. The van der Waals surface area contributed by atoms with Gasteiger partial charge in [0.25, 0.3) is 5.69 Å². The Morgan fingerprint density at radius 1 is 1.22 bits per heavy atom. The summed E-state index contributed by atoms with van der Waals surface area (Å²) in [6.45, 7) is 0. The number of nitrogens with zero attached hydrogens (tertiary/aromatic N) is 3. The summed E-state index contributed by atoms with van der Waals surface area (Å²) in [4.78, 5) is 10.3. The molecule has 0 radical (unpaired) electrons. The molecule has 0 unspecified atom stereocenters. The smallest absolute Gasteiger partial charge is 0.269 e. The topological polar surface area (TPSA) is 148 Å². The Morgan fingerprint density at radius 2 is 1.93 bits per heavy atom. The molecule has 3 rings (SSSR count). The average Bonchev–Trinajstić information content (AvgIpc) is 3.14. The van der Waals surface area contributed by atoms with Crippen molar-refractivity contribution >= 4 is 23.2 Å². The van der Waals surface area contributed by atoms with Gasteiger partial charge < -0.3 is 20.6 Å². The number of nitro benzene ring substituents is 1. The number of amidine groups is 1. The number of hydrogen-bond acceptors (Lipinski definition) is 7. The highest BCUT2D eigenvalue weighted by Crippen LogP contribution is 2.33. The lowest BCUT2D eigenvalue weighted by Crippen LogP contribution is -2.13. The number of hydrogen-bond donors (Lipinski definition) is 3. The first kappa shape index (κ1) is 17.7. The third-order valence-electron chi connectivity index (χ3n) is 3.82. The van der Waals surface area contributed by atoms with Crippen LogP contribution in [0.2, 0.25) is 0 Å². The number of aromatic hydroxyl groups is 1. The van der Waals surface area contributed by atoms with Gasteiger partial charge in [-0.05, 0) is 35.9 Å². The standard InChI is InChI=1S/C18H14N4O5/c19-18(21-24)15(11-5-7-13(8-6-11)22(25)26)9-12-10-20-27-17(12)14-3-1-2-4-16(14)23/h1-10,23-24H,(H2,19,21)/b15-9-. The average molecular weight is 366 g/mol. The number of phenols is 1. The molecule has 0 bridgehead atoms. The Balaban J connectivity index is 2.10. The third kappa shape index (κ3) is 3.61. The molecule has 0 aliphatic rings. The zero-order valence-electron chi connectivity index (χ0n) is 13.8. The molecule has 0 spiro atoms. The van der Waals surface area contributed by atoms with E-state index in [1.807, 2.05) is 0 Å². The van der Waals surface area contributed by atoms with Crippen LogP contribution in [0, 0.1) is 10.1 Å². The van der Waals surface area contributed by atoms with Crippen molar-refractivity contribution in [3.63, 3.8) is 0 Å². The van der Waals surface area contributed by atoms with Crippen molar-refractivity contribution in [1.82, 2.24) is 5.16 Å². The van der Waals surface area contributed by atoms with E-state index in [0.29, 0.717) is 28.0 Å². The molecule has 0 amide bonds. The van der Waals surface area contributed by atoms with Crippen LogP contribution in [0.1, 0.15) is 11.1 Å². The van der Waals surface area contributed by atoms with Gasteiger partial charge in [0.15, 0.2) is 11.6 Å². The molecular formula is C18H14N4O5. The van der Waals surface area contributed by atoms with Crippen LogP contribution in [0.3, 0.4) is 0 Å². The highest BCUT2D eigenvalue weighted by Gasteiger charge is 2.16. The normalized spacial score (nSPS) is 12.1. The summed E-state index contributed by atoms with van der Waals surface area (Å²) in [6.07, 6.45) is 2.96. The number of para-hydroxylation sites is 1. The minimum absolute atomic E-state index is 0.00424. The Hall–Kier alpha value is -4.14. The summed E-state index contributed by atoms with van der Waals surface area (Å²) < 4.78 is 5.25. The summed E-state index contributed by atoms with van der Waals surface area (Å²) in [5.74, 6) is 0.0936. The Morgan fingerprint density at radius 3 is 2.56 bits per heavy atom. The van der Waals surface area contributed by atoms with Gasteiger partial charge in [-0.2, -0.15) is 0 Å². The number of benzene rings is 2. The number of non-ortho nitro benzene ring substituents is 1. The number of rotatable bonds is 5. The van der Waals surface area contributed by atoms with Gasteiger partial charge in [0.05, 0.1) is 16.7 Å². The molecule has 4 N–H and O–H groups in total. The van der Waals surface area contributed by atoms with Crippen molar-refractivity contribution in [3.05, 3.63) is 76.0 Å². The number of oxime groups is 1. The first-order valence-corrected chi connectivity index (χ1v) is 7.68. The predicted molar refractivity (Wildman–Crippen MR) is 98.0 cm³/mol. The Labute approximate surface area is 152 Å². The second-order valence-electron chi connectivity index (χ2n) is 5.47. The maximum absolute atomic E-state index is 10.8. The second-order valence-corrected chi connectivity index (χ2v) is 5.47. The molecule has 136 valence electrons. The molecule has 0 aliphatic carbocycles. The van der Waals surface area contributed by atoms with E-state index in [1.165, 1.54) is 36.5 Å². The van der Waals surface area contributed by atoms with Crippen LogP contribution >= 0.6 is 0 Å². The molecular weight excluding hydrogens is 352 g/mol. The molecule has 0 fully saturated rings. The molecule has 2 aromatic carbocycles. The van der Waals surface area contributed by atoms with E-state index < -0.39 is 4.92 Å². The summed E-state index contributed by atoms with van der Waals surface area (Å²) in [5.41, 5.74) is 7.37. The van der Waals surface area contributed by atoms with Crippen LogP contribution in [0.5, 0.6) is 5.75 Å². The van der Waals surface area contributed by atoms with Gasteiger partial charge >= 0.3 is 0 Å². The Kier molecular flexibility index (Phi) is 4.84. The molecule has 0 aliphatic heterocycles. The van der Waals surface area contributed by atoms with Gasteiger partial charge in [-0.25, -0.2) is 0 Å². The highest BCUT2D eigenvalue weighted by atomic mass is 16.6. The molecule has 0 saturated carbocycles. The molecule has 9 heteroatoms. The number of nitrogens with two attached hydrogens (primary N) is 1. The van der Waals surface area contributed by atoms with Crippen LogP contribution in [-0.4, -0.2) is 26.2 Å². The lowest BCUT2D eigenvalue weighted by Gasteiger charge is -2.07. The number of phenolic OH excluding ortho intramolecular Hbond substituents is 1. The first-order chi connectivity index (χ1) is 13.0. The fourth-order valence-electron chi connectivity index (χ4n) is 2.50. The van der Waals surface area contributed by atoms with Crippen molar-refractivity contribution < 1.29 is 19.8 Å². The van der Waals surface area contributed by atoms with Crippen molar-refractivity contribution in [2.24, 2.45) is 10.9 Å². The van der Waals surface area contributed by atoms with Crippen LogP contribution in [0.15, 0.2) is 64.4 Å².